The van der Waals surface area contributed by atoms with Gasteiger partial charge in [-0.05, 0) is 24.6 Å². The molecule has 3 rings (SSSR count). The molecule has 1 fully saturated rings. The molecule has 0 aliphatic carbocycles. The Labute approximate surface area is 149 Å². The summed E-state index contributed by atoms with van der Waals surface area (Å²) in [6, 6.07) is 8.06. The average molecular weight is 395 g/mol. The summed E-state index contributed by atoms with van der Waals surface area (Å²) in [7, 11) is 0. The lowest BCUT2D eigenvalue weighted by atomic mass is 9.90. The third-order valence-corrected chi connectivity index (χ3v) is 5.17. The molecule has 0 spiro atoms. The monoisotopic (exact) mass is 394 g/mol. The Hall–Kier alpha value is -1.57. The van der Waals surface area contributed by atoms with E-state index in [0.29, 0.717) is 5.95 Å². The predicted molar refractivity (Wildman–Crippen MR) is 94.4 cm³/mol. The van der Waals surface area contributed by atoms with Gasteiger partial charge in [-0.25, -0.2) is 14.4 Å². The molecule has 1 aromatic heterocycles. The number of anilines is 1. The van der Waals surface area contributed by atoms with Crippen molar-refractivity contribution in [3.63, 3.8) is 0 Å². The smallest absolute Gasteiger partial charge is 0.225 e. The fourth-order valence-corrected chi connectivity index (χ4v) is 3.32. The fourth-order valence-electron chi connectivity index (χ4n) is 3.05. The molecule has 1 aliphatic rings. The highest BCUT2D eigenvalue weighted by molar-refractivity contribution is 9.10. The van der Waals surface area contributed by atoms with Gasteiger partial charge in [-0.3, -0.25) is 4.90 Å². The summed E-state index contributed by atoms with van der Waals surface area (Å²) in [5, 5.41) is 10.0. The van der Waals surface area contributed by atoms with E-state index in [2.05, 4.69) is 37.7 Å². The minimum absolute atomic E-state index is 0.0433. The predicted octanol–water partition coefficient (Wildman–Crippen LogP) is 2.41. The normalized spacial score (nSPS) is 18.4. The minimum Gasteiger partial charge on any atom is -0.394 e. The van der Waals surface area contributed by atoms with E-state index < -0.39 is 11.4 Å². The van der Waals surface area contributed by atoms with Crippen LogP contribution in [0.2, 0.25) is 0 Å². The van der Waals surface area contributed by atoms with E-state index >= 15 is 0 Å². The Kier molecular flexibility index (Phi) is 5.12. The summed E-state index contributed by atoms with van der Waals surface area (Å²) in [6.45, 7) is 5.11. The SMILES string of the molecule is CC(CO)(c1ccc(Br)cc1)N1CCN(c2ncc(F)cn2)CC1. The highest BCUT2D eigenvalue weighted by atomic mass is 79.9. The summed E-state index contributed by atoms with van der Waals surface area (Å²) in [5.74, 6) is 0.117. The quantitative estimate of drug-likeness (QED) is 0.862. The van der Waals surface area contributed by atoms with Gasteiger partial charge in [0.05, 0.1) is 24.5 Å². The van der Waals surface area contributed by atoms with Crippen LogP contribution in [0.5, 0.6) is 0 Å². The molecule has 128 valence electrons. The van der Waals surface area contributed by atoms with Crippen LogP contribution in [0.3, 0.4) is 0 Å². The van der Waals surface area contributed by atoms with Crippen molar-refractivity contribution in [3.05, 3.63) is 52.5 Å². The third kappa shape index (κ3) is 3.43. The number of halogens is 2. The van der Waals surface area contributed by atoms with Crippen molar-refractivity contribution < 1.29 is 9.50 Å². The van der Waals surface area contributed by atoms with Gasteiger partial charge in [-0.2, -0.15) is 0 Å². The van der Waals surface area contributed by atoms with E-state index in [0.717, 1.165) is 36.2 Å². The molecule has 1 saturated heterocycles. The van der Waals surface area contributed by atoms with E-state index in [4.69, 9.17) is 0 Å². The molecule has 7 heteroatoms. The number of hydrogen-bond acceptors (Lipinski definition) is 5. The molecule has 2 aromatic rings. The van der Waals surface area contributed by atoms with Crippen LogP contribution in [0.15, 0.2) is 41.1 Å². The summed E-state index contributed by atoms with van der Waals surface area (Å²) < 4.78 is 14.0. The zero-order valence-corrected chi connectivity index (χ0v) is 15.1. The van der Waals surface area contributed by atoms with Crippen molar-refractivity contribution in [1.29, 1.82) is 0 Å². The molecule has 0 bridgehead atoms. The van der Waals surface area contributed by atoms with E-state index in [-0.39, 0.29) is 6.61 Å². The first-order valence-electron chi connectivity index (χ1n) is 7.87. The average Bonchev–Trinajstić information content (AvgIpc) is 2.62. The van der Waals surface area contributed by atoms with Crippen molar-refractivity contribution in [1.82, 2.24) is 14.9 Å². The minimum atomic E-state index is -0.434. The van der Waals surface area contributed by atoms with Gasteiger partial charge in [-0.15, -0.1) is 0 Å². The number of piperazine rings is 1. The first kappa shape index (κ1) is 17.3. The largest absolute Gasteiger partial charge is 0.394 e. The van der Waals surface area contributed by atoms with Gasteiger partial charge in [0.1, 0.15) is 0 Å². The van der Waals surface area contributed by atoms with Crippen molar-refractivity contribution in [2.75, 3.05) is 37.7 Å². The first-order chi connectivity index (χ1) is 11.5. The summed E-state index contributed by atoms with van der Waals surface area (Å²) in [6.07, 6.45) is 2.38. The van der Waals surface area contributed by atoms with Gasteiger partial charge in [0.25, 0.3) is 0 Å². The molecule has 0 saturated carbocycles. The standard InChI is InChI=1S/C17H20BrFN4O/c1-17(12-24,13-2-4-14(18)5-3-13)23-8-6-22(7-9-23)16-20-10-15(19)11-21-16/h2-5,10-11,24H,6-9,12H2,1H3. The van der Waals surface area contributed by atoms with Gasteiger partial charge in [0.15, 0.2) is 5.82 Å². The molecule has 5 nitrogen and oxygen atoms in total. The van der Waals surface area contributed by atoms with Crippen molar-refractivity contribution in [2.24, 2.45) is 0 Å². The van der Waals surface area contributed by atoms with Crippen LogP contribution in [0.1, 0.15) is 12.5 Å². The fraction of sp³-hybridized carbons (Fsp3) is 0.412. The number of rotatable bonds is 4. The van der Waals surface area contributed by atoms with Crippen LogP contribution < -0.4 is 4.90 Å². The molecule has 24 heavy (non-hydrogen) atoms. The number of aliphatic hydroxyl groups excluding tert-OH is 1. The molecule has 2 heterocycles. The van der Waals surface area contributed by atoms with Crippen molar-refractivity contribution >= 4 is 21.9 Å². The van der Waals surface area contributed by atoms with Crippen LogP contribution in [0.4, 0.5) is 10.3 Å². The van der Waals surface area contributed by atoms with E-state index in [1.165, 1.54) is 12.4 Å². The highest BCUT2D eigenvalue weighted by Crippen LogP contribution is 2.30. The van der Waals surface area contributed by atoms with Gasteiger partial charge in [-0.1, -0.05) is 28.1 Å². The molecule has 1 atom stereocenters. The molecule has 1 aliphatic heterocycles. The lowest BCUT2D eigenvalue weighted by Gasteiger charge is -2.45. The van der Waals surface area contributed by atoms with Crippen LogP contribution in [0, 0.1) is 5.82 Å². The van der Waals surface area contributed by atoms with Gasteiger partial charge in [0, 0.05) is 30.7 Å². The number of hydrogen-bond donors (Lipinski definition) is 1. The van der Waals surface area contributed by atoms with Gasteiger partial charge < -0.3 is 10.0 Å². The number of nitrogens with zero attached hydrogens (tertiary/aromatic N) is 4. The Morgan fingerprint density at radius 1 is 1.12 bits per heavy atom. The Balaban J connectivity index is 1.72. The molecule has 1 aromatic carbocycles. The van der Waals surface area contributed by atoms with Crippen LogP contribution in [0.25, 0.3) is 0 Å². The summed E-state index contributed by atoms with van der Waals surface area (Å²) in [4.78, 5) is 12.4. The lowest BCUT2D eigenvalue weighted by molar-refractivity contribution is 0.0356. The molecule has 0 amide bonds. The van der Waals surface area contributed by atoms with Crippen molar-refractivity contribution in [2.45, 2.75) is 12.5 Å². The van der Waals surface area contributed by atoms with Crippen molar-refractivity contribution in [3.8, 4) is 0 Å². The van der Waals surface area contributed by atoms with Crippen LogP contribution in [-0.2, 0) is 5.54 Å². The Morgan fingerprint density at radius 2 is 1.71 bits per heavy atom. The molecule has 1 unspecified atom stereocenters. The zero-order chi connectivity index (χ0) is 17.2. The van der Waals surface area contributed by atoms with Gasteiger partial charge in [0.2, 0.25) is 5.95 Å². The molecule has 1 N–H and O–H groups in total. The highest BCUT2D eigenvalue weighted by Gasteiger charge is 2.35. The second kappa shape index (κ2) is 7.13. The van der Waals surface area contributed by atoms with Crippen LogP contribution >= 0.6 is 15.9 Å². The number of aliphatic hydroxyl groups is 1. The van der Waals surface area contributed by atoms with Crippen LogP contribution in [-0.4, -0.2) is 52.8 Å². The molecule has 0 radical (unpaired) electrons. The second-order valence-electron chi connectivity index (χ2n) is 6.11. The Morgan fingerprint density at radius 3 is 2.25 bits per heavy atom. The van der Waals surface area contributed by atoms with E-state index in [9.17, 15) is 9.50 Å². The van der Waals surface area contributed by atoms with E-state index in [1.54, 1.807) is 0 Å². The Bertz CT molecular complexity index is 674. The molecular formula is C17H20BrFN4O. The lowest BCUT2D eigenvalue weighted by Crippen LogP contribution is -2.56. The third-order valence-electron chi connectivity index (χ3n) is 4.64. The van der Waals surface area contributed by atoms with Gasteiger partial charge >= 0.3 is 0 Å². The maximum atomic E-state index is 13.0. The zero-order valence-electron chi connectivity index (χ0n) is 13.5. The van der Waals surface area contributed by atoms with E-state index in [1.807, 2.05) is 29.2 Å². The summed E-state index contributed by atoms with van der Waals surface area (Å²) >= 11 is 3.45. The number of benzene rings is 1. The first-order valence-corrected chi connectivity index (χ1v) is 8.67. The second-order valence-corrected chi connectivity index (χ2v) is 7.03. The maximum Gasteiger partial charge on any atom is 0.225 e. The molecular weight excluding hydrogens is 375 g/mol. The maximum absolute atomic E-state index is 13.0. The topological polar surface area (TPSA) is 52.5 Å². The summed E-state index contributed by atoms with van der Waals surface area (Å²) in [5.41, 5.74) is 0.649. The number of aromatic nitrogens is 2.